The zero-order valence-electron chi connectivity index (χ0n) is 8.80. The third kappa shape index (κ3) is 2.10. The average Bonchev–Trinajstić information content (AvgIpc) is 2.74. The van der Waals surface area contributed by atoms with Crippen LogP contribution in [-0.4, -0.2) is 15.0 Å². The lowest BCUT2D eigenvalue weighted by atomic mass is 10.3. The second kappa shape index (κ2) is 4.67. The molecule has 0 unspecified atom stereocenters. The van der Waals surface area contributed by atoms with Gasteiger partial charge in [-0.1, -0.05) is 25.2 Å². The Hall–Kier alpha value is -1.33. The summed E-state index contributed by atoms with van der Waals surface area (Å²) >= 11 is 6.51. The Morgan fingerprint density at radius 1 is 1.50 bits per heavy atom. The smallest absolute Gasteiger partial charge is 0.142 e. The molecule has 0 amide bonds. The topological polar surface area (TPSA) is 51.8 Å². The van der Waals surface area contributed by atoms with Crippen molar-refractivity contribution >= 4 is 28.5 Å². The lowest BCUT2D eigenvalue weighted by Gasteiger charge is -1.93. The van der Waals surface area contributed by atoms with E-state index in [-0.39, 0.29) is 0 Å². The summed E-state index contributed by atoms with van der Waals surface area (Å²) < 4.78 is 0. The summed E-state index contributed by atoms with van der Waals surface area (Å²) in [6, 6.07) is 5.75. The van der Waals surface area contributed by atoms with Gasteiger partial charge >= 0.3 is 0 Å². The summed E-state index contributed by atoms with van der Waals surface area (Å²) in [5.41, 5.74) is 7.49. The first-order chi connectivity index (χ1) is 7.72. The molecule has 0 fully saturated rings. The first-order valence-electron chi connectivity index (χ1n) is 4.93. The monoisotopic (exact) mass is 249 g/mol. The quantitative estimate of drug-likeness (QED) is 0.849. The number of aromatic nitrogens is 2. The van der Waals surface area contributed by atoms with E-state index < -0.39 is 0 Å². The van der Waals surface area contributed by atoms with Crippen molar-refractivity contribution < 1.29 is 0 Å². The molecule has 0 aliphatic rings. The summed E-state index contributed by atoms with van der Waals surface area (Å²) in [5, 5.41) is 0.875. The summed E-state index contributed by atoms with van der Waals surface area (Å²) in [6.45, 7) is 2.04. The fourth-order valence-corrected chi connectivity index (χ4v) is 2.61. The lowest BCUT2D eigenvalue weighted by molar-refractivity contribution is 1.06. The molecule has 2 aromatic rings. The Kier molecular flexibility index (Phi) is 3.26. The Morgan fingerprint density at radius 3 is 2.81 bits per heavy atom. The number of pyridine rings is 1. The molecule has 2 rings (SSSR count). The fraction of sp³-hybridized carbons (Fsp3) is 0.182. The number of nitrogens with zero attached hydrogens (tertiary/aromatic N) is 2. The number of thiazole rings is 1. The molecule has 82 valence electrons. The van der Waals surface area contributed by atoms with E-state index >= 15 is 0 Å². The van der Waals surface area contributed by atoms with Gasteiger partial charge in [-0.3, -0.25) is 4.98 Å². The molecule has 3 nitrogen and oxygen atoms in total. The highest BCUT2D eigenvalue weighted by atomic mass is 32.1. The third-order valence-electron chi connectivity index (χ3n) is 2.14. The van der Waals surface area contributed by atoms with Gasteiger partial charge in [0.25, 0.3) is 0 Å². The molecule has 0 atom stereocenters. The molecule has 2 N–H and O–H groups in total. The van der Waals surface area contributed by atoms with E-state index in [0.29, 0.717) is 4.99 Å². The van der Waals surface area contributed by atoms with Gasteiger partial charge in [0.15, 0.2) is 0 Å². The van der Waals surface area contributed by atoms with E-state index in [0.717, 1.165) is 27.7 Å². The van der Waals surface area contributed by atoms with Gasteiger partial charge < -0.3 is 5.73 Å². The van der Waals surface area contributed by atoms with Crippen molar-refractivity contribution in [2.75, 3.05) is 0 Å². The zero-order valence-corrected chi connectivity index (χ0v) is 10.4. The van der Waals surface area contributed by atoms with Crippen molar-refractivity contribution in [2.24, 2.45) is 5.73 Å². The molecule has 16 heavy (non-hydrogen) atoms. The van der Waals surface area contributed by atoms with Crippen LogP contribution < -0.4 is 5.73 Å². The number of aryl methyl sites for hydroxylation is 1. The van der Waals surface area contributed by atoms with E-state index in [1.807, 2.05) is 25.1 Å². The second-order valence-corrected chi connectivity index (χ2v) is 4.67. The van der Waals surface area contributed by atoms with E-state index in [9.17, 15) is 0 Å². The molecule has 0 aliphatic carbocycles. The van der Waals surface area contributed by atoms with E-state index in [4.69, 9.17) is 18.0 Å². The Balaban J connectivity index is 2.48. The van der Waals surface area contributed by atoms with Gasteiger partial charge in [-0.05, 0) is 18.6 Å². The number of rotatable bonds is 3. The number of hydrogen-bond donors (Lipinski definition) is 1. The van der Waals surface area contributed by atoms with Crippen LogP contribution >= 0.6 is 23.6 Å². The van der Waals surface area contributed by atoms with Crippen LogP contribution in [0.2, 0.25) is 0 Å². The number of thiocarbonyl (C=S) groups is 1. The second-order valence-electron chi connectivity index (χ2n) is 3.23. The molecular formula is C11H11N3S2. The third-order valence-corrected chi connectivity index (χ3v) is 3.63. The maximum absolute atomic E-state index is 5.66. The largest absolute Gasteiger partial charge is 0.389 e. The molecule has 0 aliphatic heterocycles. The molecule has 5 heteroatoms. The van der Waals surface area contributed by atoms with E-state index in [2.05, 4.69) is 9.97 Å². The highest BCUT2D eigenvalue weighted by Crippen LogP contribution is 2.26. The summed E-state index contributed by atoms with van der Waals surface area (Å²) in [4.78, 5) is 10.1. The van der Waals surface area contributed by atoms with Crippen LogP contribution in [0.5, 0.6) is 0 Å². The minimum absolute atomic E-state index is 0.413. The summed E-state index contributed by atoms with van der Waals surface area (Å²) in [7, 11) is 0. The maximum Gasteiger partial charge on any atom is 0.142 e. The molecular weight excluding hydrogens is 238 g/mol. The Labute approximate surface area is 103 Å². The molecule has 0 saturated heterocycles. The van der Waals surface area contributed by atoms with Crippen molar-refractivity contribution in [1.82, 2.24) is 9.97 Å². The van der Waals surface area contributed by atoms with Crippen LogP contribution in [0.25, 0.3) is 10.7 Å². The lowest BCUT2D eigenvalue weighted by Crippen LogP contribution is -2.09. The molecule has 0 aromatic carbocycles. The molecule has 2 aromatic heterocycles. The normalized spacial score (nSPS) is 10.3. The highest BCUT2D eigenvalue weighted by Gasteiger charge is 2.13. The van der Waals surface area contributed by atoms with Gasteiger partial charge in [-0.15, -0.1) is 11.3 Å². The van der Waals surface area contributed by atoms with Crippen LogP contribution in [0.4, 0.5) is 0 Å². The van der Waals surface area contributed by atoms with Crippen molar-refractivity contribution in [3.05, 3.63) is 35.0 Å². The predicted molar refractivity (Wildman–Crippen MR) is 70.6 cm³/mol. The predicted octanol–water partition coefficient (Wildman–Crippen LogP) is 2.40. The summed E-state index contributed by atoms with van der Waals surface area (Å²) in [6.07, 6.45) is 2.58. The Bertz CT molecular complexity index is 505. The van der Waals surface area contributed by atoms with Gasteiger partial charge in [0.1, 0.15) is 10.00 Å². The van der Waals surface area contributed by atoms with Crippen molar-refractivity contribution in [3.63, 3.8) is 0 Å². The minimum atomic E-state index is 0.413. The van der Waals surface area contributed by atoms with Crippen molar-refractivity contribution in [1.29, 1.82) is 0 Å². The van der Waals surface area contributed by atoms with Gasteiger partial charge in [0.2, 0.25) is 0 Å². The highest BCUT2D eigenvalue weighted by molar-refractivity contribution is 7.81. The Morgan fingerprint density at radius 2 is 2.31 bits per heavy atom. The average molecular weight is 249 g/mol. The van der Waals surface area contributed by atoms with E-state index in [1.165, 1.54) is 11.3 Å². The van der Waals surface area contributed by atoms with E-state index in [1.54, 1.807) is 6.20 Å². The molecule has 0 bridgehead atoms. The van der Waals surface area contributed by atoms with Crippen LogP contribution in [0.15, 0.2) is 24.4 Å². The molecule has 0 saturated carbocycles. The standard InChI is InChI=1S/C11H11N3S2/c1-2-7-9(10(12)15)16-11(14-7)8-5-3-4-6-13-8/h3-6H,2H2,1H3,(H2,12,15). The van der Waals surface area contributed by atoms with Crippen LogP contribution in [0, 0.1) is 0 Å². The van der Waals surface area contributed by atoms with Gasteiger partial charge in [0, 0.05) is 6.20 Å². The molecule has 2 heterocycles. The zero-order chi connectivity index (χ0) is 11.5. The molecule has 0 spiro atoms. The van der Waals surface area contributed by atoms with Crippen molar-refractivity contribution in [3.8, 4) is 10.7 Å². The molecule has 0 radical (unpaired) electrons. The first-order valence-corrected chi connectivity index (χ1v) is 6.15. The minimum Gasteiger partial charge on any atom is -0.389 e. The van der Waals surface area contributed by atoms with Crippen LogP contribution in [0.1, 0.15) is 17.5 Å². The van der Waals surface area contributed by atoms with Gasteiger partial charge in [-0.25, -0.2) is 4.98 Å². The SMILES string of the molecule is CCc1nc(-c2ccccn2)sc1C(N)=S. The summed E-state index contributed by atoms with van der Waals surface area (Å²) in [5.74, 6) is 0. The fourth-order valence-electron chi connectivity index (χ4n) is 1.38. The van der Waals surface area contributed by atoms with Gasteiger partial charge in [-0.2, -0.15) is 0 Å². The number of nitrogens with two attached hydrogens (primary N) is 1. The maximum atomic E-state index is 5.66. The van der Waals surface area contributed by atoms with Crippen molar-refractivity contribution in [2.45, 2.75) is 13.3 Å². The van der Waals surface area contributed by atoms with Crippen LogP contribution in [-0.2, 0) is 6.42 Å². The first kappa shape index (κ1) is 11.2. The number of hydrogen-bond acceptors (Lipinski definition) is 4. The van der Waals surface area contributed by atoms with Crippen LogP contribution in [0.3, 0.4) is 0 Å². The van der Waals surface area contributed by atoms with Gasteiger partial charge in [0.05, 0.1) is 16.3 Å².